The molecule has 0 unspecified atom stereocenters. The van der Waals surface area contributed by atoms with E-state index in [0.29, 0.717) is 0 Å². The molecule has 4 rings (SSSR count). The van der Waals surface area contributed by atoms with Crippen molar-refractivity contribution >= 4 is 44.4 Å². The second kappa shape index (κ2) is 7.78. The van der Waals surface area contributed by atoms with Gasteiger partial charge in [0.2, 0.25) is 0 Å². The summed E-state index contributed by atoms with van der Waals surface area (Å²) in [5, 5.41) is 1.91. The summed E-state index contributed by atoms with van der Waals surface area (Å²) >= 11 is 8.00. The van der Waals surface area contributed by atoms with Crippen molar-refractivity contribution in [1.29, 1.82) is 0 Å². The average molecular weight is 384 g/mol. The number of aryl methyl sites for hydroxylation is 1. The van der Waals surface area contributed by atoms with Gasteiger partial charge in [-0.05, 0) is 30.2 Å². The van der Waals surface area contributed by atoms with Crippen LogP contribution in [0.2, 0.25) is 5.02 Å². The van der Waals surface area contributed by atoms with Gasteiger partial charge in [0.15, 0.2) is 5.13 Å². The lowest BCUT2D eigenvalue weighted by molar-refractivity contribution is 0.284. The fraction of sp³-hybridized carbons (Fsp3) is 0.286. The largest absolute Gasteiger partial charge is 0.345 e. The van der Waals surface area contributed by atoms with Gasteiger partial charge in [-0.1, -0.05) is 65.4 Å². The van der Waals surface area contributed by atoms with E-state index in [9.17, 15) is 0 Å². The number of benzene rings is 2. The Labute approximate surface area is 163 Å². The molecule has 2 aromatic carbocycles. The molecule has 1 fully saturated rings. The average Bonchev–Trinajstić information content (AvgIpc) is 3.11. The van der Waals surface area contributed by atoms with E-state index in [1.807, 2.05) is 19.1 Å². The van der Waals surface area contributed by atoms with Gasteiger partial charge in [0.1, 0.15) is 0 Å². The number of aromatic nitrogens is 1. The number of anilines is 1. The van der Waals surface area contributed by atoms with Crippen molar-refractivity contribution in [1.82, 2.24) is 9.88 Å². The standard InChI is InChI=1S/C21H22ClN3S/c1-16-18(22)9-10-19-20(16)23-21(26-19)25-14-12-24(13-15-25)11-5-8-17-6-3-2-4-7-17/h2-10H,11-15H2,1H3/b8-5+. The zero-order chi connectivity index (χ0) is 17.9. The van der Waals surface area contributed by atoms with Gasteiger partial charge in [-0.15, -0.1) is 0 Å². The zero-order valence-corrected chi connectivity index (χ0v) is 16.4. The van der Waals surface area contributed by atoms with Gasteiger partial charge in [-0.2, -0.15) is 0 Å². The fourth-order valence-electron chi connectivity index (χ4n) is 3.25. The van der Waals surface area contributed by atoms with Gasteiger partial charge in [0, 0.05) is 37.7 Å². The minimum Gasteiger partial charge on any atom is -0.345 e. The Hall–Kier alpha value is -1.88. The lowest BCUT2D eigenvalue weighted by Gasteiger charge is -2.33. The molecule has 2 heterocycles. The van der Waals surface area contributed by atoms with Crippen LogP contribution < -0.4 is 4.90 Å². The van der Waals surface area contributed by atoms with Crippen molar-refractivity contribution in [3.8, 4) is 0 Å². The predicted octanol–water partition coefficient (Wildman–Crippen LogP) is 5.09. The molecule has 0 radical (unpaired) electrons. The summed E-state index contributed by atoms with van der Waals surface area (Å²) in [6.45, 7) is 7.21. The maximum Gasteiger partial charge on any atom is 0.186 e. The van der Waals surface area contributed by atoms with Gasteiger partial charge < -0.3 is 4.90 Å². The van der Waals surface area contributed by atoms with Crippen molar-refractivity contribution in [2.75, 3.05) is 37.6 Å². The van der Waals surface area contributed by atoms with Crippen LogP contribution in [-0.2, 0) is 0 Å². The van der Waals surface area contributed by atoms with Crippen LogP contribution in [0.5, 0.6) is 0 Å². The highest BCUT2D eigenvalue weighted by atomic mass is 35.5. The van der Waals surface area contributed by atoms with E-state index in [-0.39, 0.29) is 0 Å². The van der Waals surface area contributed by atoms with Gasteiger partial charge in [-0.3, -0.25) is 4.90 Å². The third-order valence-corrected chi connectivity index (χ3v) is 6.34. The second-order valence-corrected chi connectivity index (χ2v) is 8.03. The molecule has 1 aromatic heterocycles. The summed E-state index contributed by atoms with van der Waals surface area (Å²) in [7, 11) is 0. The van der Waals surface area contributed by atoms with Crippen LogP contribution >= 0.6 is 22.9 Å². The van der Waals surface area contributed by atoms with Gasteiger partial charge in [-0.25, -0.2) is 4.98 Å². The van der Waals surface area contributed by atoms with Gasteiger partial charge >= 0.3 is 0 Å². The van der Waals surface area contributed by atoms with Crippen LogP contribution in [0.15, 0.2) is 48.5 Å². The first-order valence-corrected chi connectivity index (χ1v) is 10.1. The van der Waals surface area contributed by atoms with E-state index >= 15 is 0 Å². The van der Waals surface area contributed by atoms with E-state index < -0.39 is 0 Å². The molecule has 0 amide bonds. The maximum atomic E-state index is 6.23. The Kier molecular flexibility index (Phi) is 5.25. The molecule has 1 aliphatic heterocycles. The van der Waals surface area contributed by atoms with Crippen LogP contribution in [0.4, 0.5) is 5.13 Å². The highest BCUT2D eigenvalue weighted by molar-refractivity contribution is 7.22. The number of fused-ring (bicyclic) bond motifs is 1. The number of rotatable bonds is 4. The molecule has 1 saturated heterocycles. The number of piperazine rings is 1. The molecule has 3 nitrogen and oxygen atoms in total. The fourth-order valence-corrected chi connectivity index (χ4v) is 4.48. The Morgan fingerprint density at radius 3 is 2.62 bits per heavy atom. The lowest BCUT2D eigenvalue weighted by atomic mass is 10.2. The molecule has 0 bridgehead atoms. The third-order valence-electron chi connectivity index (χ3n) is 4.85. The van der Waals surface area contributed by atoms with Crippen LogP contribution in [0.1, 0.15) is 11.1 Å². The van der Waals surface area contributed by atoms with E-state index in [4.69, 9.17) is 16.6 Å². The van der Waals surface area contributed by atoms with E-state index in [1.165, 1.54) is 10.3 Å². The molecule has 3 aromatic rings. The molecule has 134 valence electrons. The molecule has 26 heavy (non-hydrogen) atoms. The summed E-state index contributed by atoms with van der Waals surface area (Å²) in [6, 6.07) is 14.5. The van der Waals surface area contributed by atoms with Crippen LogP contribution in [0, 0.1) is 6.92 Å². The predicted molar refractivity (Wildman–Crippen MR) is 113 cm³/mol. The molecule has 0 spiro atoms. The first-order chi connectivity index (χ1) is 12.7. The molecular formula is C21H22ClN3S. The minimum atomic E-state index is 0.796. The summed E-state index contributed by atoms with van der Waals surface area (Å²) in [5.41, 5.74) is 3.39. The molecular weight excluding hydrogens is 362 g/mol. The number of thiazole rings is 1. The second-order valence-electron chi connectivity index (χ2n) is 6.62. The summed E-state index contributed by atoms with van der Waals surface area (Å²) in [6.07, 6.45) is 4.46. The first-order valence-electron chi connectivity index (χ1n) is 8.95. The molecule has 0 atom stereocenters. The van der Waals surface area contributed by atoms with Gasteiger partial charge in [0.05, 0.1) is 10.2 Å². The number of hydrogen-bond donors (Lipinski definition) is 0. The number of hydrogen-bond acceptors (Lipinski definition) is 4. The van der Waals surface area contributed by atoms with Crippen molar-refractivity contribution < 1.29 is 0 Å². The van der Waals surface area contributed by atoms with Crippen LogP contribution in [0.3, 0.4) is 0 Å². The number of halogens is 1. The van der Waals surface area contributed by atoms with Crippen molar-refractivity contribution in [2.24, 2.45) is 0 Å². The third kappa shape index (κ3) is 3.78. The van der Waals surface area contributed by atoms with Crippen molar-refractivity contribution in [3.05, 3.63) is 64.7 Å². The van der Waals surface area contributed by atoms with Crippen molar-refractivity contribution in [2.45, 2.75) is 6.92 Å². The topological polar surface area (TPSA) is 19.4 Å². The quantitative estimate of drug-likeness (QED) is 0.625. The van der Waals surface area contributed by atoms with E-state index in [2.05, 4.69) is 52.3 Å². The SMILES string of the molecule is Cc1c(Cl)ccc2sc(N3CCN(C/C=C/c4ccccc4)CC3)nc12. The Bertz CT molecular complexity index is 912. The Morgan fingerprint density at radius 1 is 1.08 bits per heavy atom. The van der Waals surface area contributed by atoms with E-state index in [0.717, 1.165) is 54.0 Å². The highest BCUT2D eigenvalue weighted by Gasteiger charge is 2.19. The van der Waals surface area contributed by atoms with Crippen LogP contribution in [-0.4, -0.2) is 42.6 Å². The monoisotopic (exact) mass is 383 g/mol. The summed E-state index contributed by atoms with van der Waals surface area (Å²) in [5.74, 6) is 0. The minimum absolute atomic E-state index is 0.796. The normalized spacial score (nSPS) is 16.0. The molecule has 1 aliphatic rings. The van der Waals surface area contributed by atoms with Gasteiger partial charge in [0.25, 0.3) is 0 Å². The Morgan fingerprint density at radius 2 is 1.85 bits per heavy atom. The Balaban J connectivity index is 1.36. The van der Waals surface area contributed by atoms with Crippen molar-refractivity contribution in [3.63, 3.8) is 0 Å². The zero-order valence-electron chi connectivity index (χ0n) is 14.9. The summed E-state index contributed by atoms with van der Waals surface area (Å²) in [4.78, 5) is 9.74. The maximum absolute atomic E-state index is 6.23. The smallest absolute Gasteiger partial charge is 0.186 e. The summed E-state index contributed by atoms with van der Waals surface area (Å²) < 4.78 is 1.22. The van der Waals surface area contributed by atoms with Crippen LogP contribution in [0.25, 0.3) is 16.3 Å². The molecule has 5 heteroatoms. The first kappa shape index (κ1) is 17.5. The highest BCUT2D eigenvalue weighted by Crippen LogP contribution is 2.33. The molecule has 0 saturated carbocycles. The molecule has 0 aliphatic carbocycles. The lowest BCUT2D eigenvalue weighted by Crippen LogP contribution is -2.46. The van der Waals surface area contributed by atoms with E-state index in [1.54, 1.807) is 11.3 Å². The number of nitrogens with zero attached hydrogens (tertiary/aromatic N) is 3. The molecule has 0 N–H and O–H groups in total.